The molecule has 1 aromatic heterocycles. The summed E-state index contributed by atoms with van der Waals surface area (Å²) in [4.78, 5) is 15.6. The van der Waals surface area contributed by atoms with Gasteiger partial charge in [-0.2, -0.15) is 5.26 Å². The monoisotopic (exact) mass is 663 g/mol. The van der Waals surface area contributed by atoms with E-state index >= 15 is 0 Å². The van der Waals surface area contributed by atoms with E-state index in [1.807, 2.05) is 6.07 Å². The minimum Gasteiger partial charge on any atom is -0.394 e. The van der Waals surface area contributed by atoms with E-state index in [-0.39, 0.29) is 41.3 Å². The topological polar surface area (TPSA) is 163 Å². The Labute approximate surface area is 253 Å². The van der Waals surface area contributed by atoms with Crippen LogP contribution in [0.1, 0.15) is 17.2 Å². The van der Waals surface area contributed by atoms with Gasteiger partial charge in [0.05, 0.1) is 43.7 Å². The number of nitriles is 1. The first-order valence-electron chi connectivity index (χ1n) is 13.2. The quantitative estimate of drug-likeness (QED) is 0.339. The molecule has 2 aromatic carbocycles. The first kappa shape index (κ1) is 31.1. The summed E-state index contributed by atoms with van der Waals surface area (Å²) in [6.07, 6.45) is -5.15. The number of hydrogen-bond donors (Lipinski definition) is 3. The summed E-state index contributed by atoms with van der Waals surface area (Å²) in [5.41, 5.74) is 0.527. The van der Waals surface area contributed by atoms with Gasteiger partial charge in [-0.05, 0) is 37.3 Å². The maximum absolute atomic E-state index is 14.4. The van der Waals surface area contributed by atoms with Crippen LogP contribution < -0.4 is 4.90 Å². The summed E-state index contributed by atoms with van der Waals surface area (Å²) < 4.78 is 47.2. The number of methoxy groups -OCH3 is 1. The van der Waals surface area contributed by atoms with Crippen molar-refractivity contribution in [3.05, 3.63) is 63.8 Å². The Morgan fingerprint density at radius 1 is 1.23 bits per heavy atom. The molecule has 0 bridgehead atoms. The molecular weight excluding hydrogens is 636 g/mol. The minimum absolute atomic E-state index is 0.0166. The molecule has 12 nitrogen and oxygen atoms in total. The highest BCUT2D eigenvalue weighted by Gasteiger charge is 2.52. The van der Waals surface area contributed by atoms with Crippen LogP contribution in [-0.4, -0.2) is 99.7 Å². The summed E-state index contributed by atoms with van der Waals surface area (Å²) in [5, 5.41) is 49.6. The molecule has 3 N–H and O–H groups in total. The molecule has 0 saturated carbocycles. The third kappa shape index (κ3) is 5.92. The zero-order valence-corrected chi connectivity index (χ0v) is 24.6. The van der Waals surface area contributed by atoms with Crippen molar-refractivity contribution in [3.8, 4) is 17.3 Å². The van der Waals surface area contributed by atoms with Gasteiger partial charge >= 0.3 is 0 Å². The third-order valence-corrected chi connectivity index (χ3v) is 8.11. The van der Waals surface area contributed by atoms with Crippen LogP contribution in [0.4, 0.5) is 14.5 Å². The number of hydrogen-bond acceptors (Lipinski definition) is 10. The van der Waals surface area contributed by atoms with E-state index < -0.39 is 66.8 Å². The molecule has 2 aliphatic heterocycles. The lowest BCUT2D eigenvalue weighted by Gasteiger charge is -2.45. The molecule has 43 heavy (non-hydrogen) atoms. The van der Waals surface area contributed by atoms with Gasteiger partial charge in [-0.25, -0.2) is 13.5 Å². The van der Waals surface area contributed by atoms with E-state index in [1.165, 1.54) is 35.9 Å². The molecule has 0 radical (unpaired) electrons. The van der Waals surface area contributed by atoms with E-state index in [0.29, 0.717) is 4.47 Å². The summed E-state index contributed by atoms with van der Waals surface area (Å²) in [5.74, 6) is -2.26. The summed E-state index contributed by atoms with van der Waals surface area (Å²) in [6.45, 7) is 0.569. The summed E-state index contributed by atoms with van der Waals surface area (Å²) >= 11 is 3.35. The van der Waals surface area contributed by atoms with Gasteiger partial charge in [-0.1, -0.05) is 21.1 Å². The Kier molecular flexibility index (Phi) is 9.18. The SMILES string of the molecule is CO[C@@H]1[C@@H](n2cc(-c3cc(F)c(C)c(F)c3)nn2)[C@@H](O)[C@@H](CO)O[C@H]1C(=O)N(c1cc(Br)cc(C#N)c1)[C@@H]1COC[C@H]1O. The minimum atomic E-state index is -1.46. The third-order valence-electron chi connectivity index (χ3n) is 7.66. The predicted octanol–water partition coefficient (Wildman–Crippen LogP) is 1.64. The van der Waals surface area contributed by atoms with Crippen molar-refractivity contribution in [1.82, 2.24) is 15.0 Å². The molecule has 5 rings (SSSR count). The average molecular weight is 664 g/mol. The van der Waals surface area contributed by atoms with Crippen LogP contribution in [0.5, 0.6) is 0 Å². The Hall–Kier alpha value is -3.36. The fraction of sp³-hybridized carbons (Fsp3) is 0.429. The van der Waals surface area contributed by atoms with E-state index in [2.05, 4.69) is 26.2 Å². The number of ether oxygens (including phenoxy) is 3. The van der Waals surface area contributed by atoms with E-state index in [1.54, 1.807) is 12.1 Å². The Morgan fingerprint density at radius 2 is 1.95 bits per heavy atom. The van der Waals surface area contributed by atoms with Crippen molar-refractivity contribution >= 4 is 27.5 Å². The number of rotatable bonds is 7. The lowest BCUT2D eigenvalue weighted by atomic mass is 9.91. The number of amides is 1. The van der Waals surface area contributed by atoms with Gasteiger partial charge in [0.2, 0.25) is 0 Å². The van der Waals surface area contributed by atoms with Crippen molar-refractivity contribution in [1.29, 1.82) is 5.26 Å². The molecule has 0 spiro atoms. The molecule has 7 atom stereocenters. The molecule has 0 unspecified atom stereocenters. The number of halogens is 3. The Bertz CT molecular complexity index is 1530. The first-order chi connectivity index (χ1) is 20.6. The predicted molar refractivity (Wildman–Crippen MR) is 149 cm³/mol. The fourth-order valence-electron chi connectivity index (χ4n) is 5.38. The number of aliphatic hydroxyl groups is 3. The second kappa shape index (κ2) is 12.7. The largest absolute Gasteiger partial charge is 0.394 e. The average Bonchev–Trinajstić information content (AvgIpc) is 3.64. The second-order valence-electron chi connectivity index (χ2n) is 10.3. The molecule has 2 fully saturated rings. The number of anilines is 1. The molecule has 1 amide bonds. The molecule has 3 heterocycles. The highest BCUT2D eigenvalue weighted by Crippen LogP contribution is 2.36. The maximum Gasteiger partial charge on any atom is 0.259 e. The van der Waals surface area contributed by atoms with Crippen molar-refractivity contribution in [2.45, 2.75) is 49.5 Å². The number of carbonyl (C=O) groups excluding carboxylic acids is 1. The number of benzene rings is 2. The summed E-state index contributed by atoms with van der Waals surface area (Å²) in [7, 11) is 1.29. The molecule has 0 aliphatic carbocycles. The number of nitrogens with zero attached hydrogens (tertiary/aromatic N) is 5. The van der Waals surface area contributed by atoms with Crippen molar-refractivity contribution in [2.75, 3.05) is 31.8 Å². The molecular formula is C28H28BrF2N5O7. The van der Waals surface area contributed by atoms with Gasteiger partial charge < -0.3 is 34.4 Å². The van der Waals surface area contributed by atoms with Gasteiger partial charge in [0.15, 0.2) is 6.10 Å². The van der Waals surface area contributed by atoms with Crippen molar-refractivity contribution in [2.24, 2.45) is 0 Å². The maximum atomic E-state index is 14.4. The van der Waals surface area contributed by atoms with Crippen molar-refractivity contribution < 1.29 is 43.1 Å². The van der Waals surface area contributed by atoms with Crippen molar-refractivity contribution in [3.63, 3.8) is 0 Å². The molecule has 3 aromatic rings. The number of aliphatic hydroxyl groups excluding tert-OH is 3. The Morgan fingerprint density at radius 3 is 2.56 bits per heavy atom. The van der Waals surface area contributed by atoms with E-state index in [0.717, 1.165) is 12.1 Å². The van der Waals surface area contributed by atoms with Crippen LogP contribution in [-0.2, 0) is 19.0 Å². The van der Waals surface area contributed by atoms with Crippen LogP contribution >= 0.6 is 15.9 Å². The lowest BCUT2D eigenvalue weighted by Crippen LogP contribution is -2.63. The van der Waals surface area contributed by atoms with Gasteiger partial charge in [0.25, 0.3) is 5.91 Å². The van der Waals surface area contributed by atoms with Gasteiger partial charge in [-0.15, -0.1) is 5.10 Å². The molecule has 2 aliphatic rings. The first-order valence-corrected chi connectivity index (χ1v) is 14.0. The van der Waals surface area contributed by atoms with E-state index in [4.69, 9.17) is 14.2 Å². The van der Waals surface area contributed by atoms with E-state index in [9.17, 15) is 34.2 Å². The molecule has 2 saturated heterocycles. The van der Waals surface area contributed by atoms with Crippen LogP contribution in [0, 0.1) is 29.9 Å². The number of carbonyl (C=O) groups is 1. The van der Waals surface area contributed by atoms with Gasteiger partial charge in [0, 0.05) is 28.4 Å². The highest BCUT2D eigenvalue weighted by atomic mass is 79.9. The van der Waals surface area contributed by atoms with Crippen LogP contribution in [0.25, 0.3) is 11.3 Å². The highest BCUT2D eigenvalue weighted by molar-refractivity contribution is 9.10. The van der Waals surface area contributed by atoms with Crippen LogP contribution in [0.2, 0.25) is 0 Å². The fourth-order valence-corrected chi connectivity index (χ4v) is 5.86. The second-order valence-corrected chi connectivity index (χ2v) is 11.2. The zero-order chi connectivity index (χ0) is 31.0. The smallest absolute Gasteiger partial charge is 0.259 e. The van der Waals surface area contributed by atoms with Crippen LogP contribution in [0.15, 0.2) is 41.0 Å². The lowest BCUT2D eigenvalue weighted by molar-refractivity contribution is -0.211. The molecule has 15 heteroatoms. The normalized spacial score (nSPS) is 27.2. The standard InChI is InChI=1S/C28H28BrF2N5O7/c1-13-18(30)5-15(6-19(13)31)20-9-35(34-33-20)24-25(39)23(10-37)43-27(26(24)41-2)28(40)36(21-11-42-12-22(21)38)17-4-14(8-32)3-16(29)7-17/h3-7,9,21-27,37-39H,10-12H2,1-2H3/t21-,22-,23-,24+,25+,26-,27-/m1/s1. The zero-order valence-electron chi connectivity index (χ0n) is 23.0. The Balaban J connectivity index is 1.55. The molecule has 228 valence electrons. The van der Waals surface area contributed by atoms with Crippen LogP contribution in [0.3, 0.4) is 0 Å². The van der Waals surface area contributed by atoms with Gasteiger partial charge in [0.1, 0.15) is 47.8 Å². The van der Waals surface area contributed by atoms with Gasteiger partial charge in [-0.3, -0.25) is 4.79 Å². The summed E-state index contributed by atoms with van der Waals surface area (Å²) in [6, 6.07) is 6.83. The number of aromatic nitrogens is 3.